The molecule has 0 radical (unpaired) electrons. The van der Waals surface area contributed by atoms with Gasteiger partial charge in [-0.3, -0.25) is 14.5 Å². The van der Waals surface area contributed by atoms with Crippen molar-refractivity contribution in [2.24, 2.45) is 0 Å². The summed E-state index contributed by atoms with van der Waals surface area (Å²) in [5.74, 6) is 0.977. The maximum absolute atomic E-state index is 12.6. The lowest BCUT2D eigenvalue weighted by atomic mass is 10.2. The molecule has 3 aromatic rings. The van der Waals surface area contributed by atoms with Crippen molar-refractivity contribution in [3.05, 3.63) is 41.7 Å². The van der Waals surface area contributed by atoms with Crippen LogP contribution in [0.4, 0.5) is 11.6 Å². The summed E-state index contributed by atoms with van der Waals surface area (Å²) in [4.78, 5) is 35.0. The number of hydrogen-bond acceptors (Lipinski definition) is 6. The van der Waals surface area contributed by atoms with Crippen molar-refractivity contribution in [3.63, 3.8) is 0 Å². The molecule has 0 fully saturated rings. The fraction of sp³-hybridized carbons (Fsp3) is 0.316. The number of aromatic nitrogens is 4. The van der Waals surface area contributed by atoms with Gasteiger partial charge in [-0.25, -0.2) is 14.6 Å². The largest absolute Gasteiger partial charge is 0.311 e. The average molecular weight is 396 g/mol. The predicted octanol–water partition coefficient (Wildman–Crippen LogP) is 2.87. The van der Waals surface area contributed by atoms with Crippen LogP contribution in [0.25, 0.3) is 10.6 Å². The van der Waals surface area contributed by atoms with E-state index in [0.717, 1.165) is 35.0 Å². The van der Waals surface area contributed by atoms with Gasteiger partial charge < -0.3 is 5.32 Å². The Balaban J connectivity index is 1.32. The summed E-state index contributed by atoms with van der Waals surface area (Å²) in [6.45, 7) is 3.38. The molecule has 0 aromatic carbocycles. The van der Waals surface area contributed by atoms with E-state index in [0.29, 0.717) is 12.4 Å². The van der Waals surface area contributed by atoms with Crippen LogP contribution in [0.2, 0.25) is 0 Å². The number of anilines is 2. The number of hydrogen-bond donors (Lipinski definition) is 1. The smallest absolute Gasteiger partial charge is 0.228 e. The second kappa shape index (κ2) is 7.89. The van der Waals surface area contributed by atoms with Crippen molar-refractivity contribution in [1.29, 1.82) is 0 Å². The second-order valence-corrected chi connectivity index (χ2v) is 7.48. The van der Waals surface area contributed by atoms with Gasteiger partial charge in [0.05, 0.1) is 5.69 Å². The van der Waals surface area contributed by atoms with Gasteiger partial charge in [0.2, 0.25) is 11.8 Å². The van der Waals surface area contributed by atoms with E-state index in [9.17, 15) is 9.59 Å². The minimum atomic E-state index is -0.232. The van der Waals surface area contributed by atoms with Gasteiger partial charge in [0.15, 0.2) is 0 Å². The Morgan fingerprint density at radius 3 is 2.86 bits per heavy atom. The quantitative estimate of drug-likeness (QED) is 0.716. The molecule has 0 saturated carbocycles. The van der Waals surface area contributed by atoms with E-state index in [1.165, 1.54) is 11.3 Å². The number of nitrogens with zero attached hydrogens (tertiary/aromatic N) is 5. The average Bonchev–Trinajstić information content (AvgIpc) is 3.35. The Hall–Kier alpha value is -3.07. The van der Waals surface area contributed by atoms with Crippen molar-refractivity contribution in [2.75, 3.05) is 16.8 Å². The maximum Gasteiger partial charge on any atom is 0.228 e. The molecule has 2 amide bonds. The van der Waals surface area contributed by atoms with Gasteiger partial charge in [-0.15, -0.1) is 11.3 Å². The molecule has 1 aliphatic rings. The third-order valence-corrected chi connectivity index (χ3v) is 5.31. The minimum Gasteiger partial charge on any atom is -0.311 e. The Morgan fingerprint density at radius 1 is 1.21 bits per heavy atom. The minimum absolute atomic E-state index is 0.0666. The number of carbonyl (C=O) groups is 2. The van der Waals surface area contributed by atoms with Gasteiger partial charge in [0, 0.05) is 55.3 Å². The molecule has 1 aliphatic heterocycles. The molecule has 28 heavy (non-hydrogen) atoms. The molecule has 8 nitrogen and oxygen atoms in total. The van der Waals surface area contributed by atoms with Gasteiger partial charge in [-0.05, 0) is 25.5 Å². The third-order valence-electron chi connectivity index (χ3n) is 4.49. The standard InChI is InChI=1S/C19H20N6O2S/c1-13-11-17-24(8-2-9-25(17)23-13)18(27)6-5-16(26)22-15-4-3-14(12-21-15)19-20-7-10-28-19/h3-4,7,10-12H,2,5-6,8-9H2,1H3,(H,21,22,26). The van der Waals surface area contributed by atoms with Gasteiger partial charge >= 0.3 is 0 Å². The van der Waals surface area contributed by atoms with Crippen molar-refractivity contribution < 1.29 is 9.59 Å². The highest BCUT2D eigenvalue weighted by Gasteiger charge is 2.24. The SMILES string of the molecule is Cc1cc2n(n1)CCCN2C(=O)CCC(=O)Nc1ccc(-c2nccs2)cn1. The zero-order chi connectivity index (χ0) is 19.5. The highest BCUT2D eigenvalue weighted by Crippen LogP contribution is 2.23. The summed E-state index contributed by atoms with van der Waals surface area (Å²) in [5, 5.41) is 9.92. The molecular weight excluding hydrogens is 376 g/mol. The number of thiazole rings is 1. The summed E-state index contributed by atoms with van der Waals surface area (Å²) in [5.41, 5.74) is 1.79. The number of carbonyl (C=O) groups excluding carboxylic acids is 2. The highest BCUT2D eigenvalue weighted by atomic mass is 32.1. The summed E-state index contributed by atoms with van der Waals surface area (Å²) >= 11 is 1.53. The summed E-state index contributed by atoms with van der Waals surface area (Å²) in [6, 6.07) is 5.51. The summed E-state index contributed by atoms with van der Waals surface area (Å²) < 4.78 is 1.85. The monoisotopic (exact) mass is 396 g/mol. The van der Waals surface area contributed by atoms with Crippen molar-refractivity contribution in [1.82, 2.24) is 19.7 Å². The lowest BCUT2D eigenvalue weighted by Gasteiger charge is -2.27. The number of amides is 2. The van der Waals surface area contributed by atoms with Crippen molar-refractivity contribution in [3.8, 4) is 10.6 Å². The molecule has 4 rings (SSSR count). The molecule has 144 valence electrons. The van der Waals surface area contributed by atoms with Crippen LogP contribution in [0.5, 0.6) is 0 Å². The van der Waals surface area contributed by atoms with Gasteiger partial charge in [0.25, 0.3) is 0 Å². The van der Waals surface area contributed by atoms with Gasteiger partial charge in [0.1, 0.15) is 16.6 Å². The van der Waals surface area contributed by atoms with E-state index in [1.54, 1.807) is 23.4 Å². The Labute approximate surface area is 166 Å². The maximum atomic E-state index is 12.6. The van der Waals surface area contributed by atoms with E-state index in [1.807, 2.05) is 29.1 Å². The fourth-order valence-corrected chi connectivity index (χ4v) is 3.81. The normalized spacial score (nSPS) is 13.2. The van der Waals surface area contributed by atoms with Gasteiger partial charge in [-0.1, -0.05) is 0 Å². The van der Waals surface area contributed by atoms with Crippen LogP contribution < -0.4 is 10.2 Å². The Kier molecular flexibility index (Phi) is 5.16. The van der Waals surface area contributed by atoms with Crippen LogP contribution in [0.3, 0.4) is 0 Å². The van der Waals surface area contributed by atoms with Crippen molar-refractivity contribution >= 4 is 34.8 Å². The number of aryl methyl sites for hydroxylation is 2. The predicted molar refractivity (Wildman–Crippen MR) is 107 cm³/mol. The zero-order valence-corrected chi connectivity index (χ0v) is 16.3. The van der Waals surface area contributed by atoms with Crippen LogP contribution >= 0.6 is 11.3 Å². The topological polar surface area (TPSA) is 93.0 Å². The summed E-state index contributed by atoms with van der Waals surface area (Å²) in [7, 11) is 0. The molecule has 0 bridgehead atoms. The molecule has 9 heteroatoms. The van der Waals surface area contributed by atoms with E-state index in [4.69, 9.17) is 0 Å². The number of fused-ring (bicyclic) bond motifs is 1. The first-order valence-corrected chi connectivity index (χ1v) is 9.99. The van der Waals surface area contributed by atoms with Crippen LogP contribution in [0, 0.1) is 6.92 Å². The highest BCUT2D eigenvalue weighted by molar-refractivity contribution is 7.13. The zero-order valence-electron chi connectivity index (χ0n) is 15.5. The van der Waals surface area contributed by atoms with E-state index < -0.39 is 0 Å². The van der Waals surface area contributed by atoms with E-state index >= 15 is 0 Å². The summed E-state index contributed by atoms with van der Waals surface area (Å²) in [6.07, 6.45) is 4.53. The molecular formula is C19H20N6O2S. The molecule has 0 unspecified atom stereocenters. The Morgan fingerprint density at radius 2 is 2.11 bits per heavy atom. The molecule has 0 spiro atoms. The molecule has 4 heterocycles. The van der Waals surface area contributed by atoms with E-state index in [-0.39, 0.29) is 24.7 Å². The lowest BCUT2D eigenvalue weighted by Crippen LogP contribution is -2.37. The molecule has 0 aliphatic carbocycles. The van der Waals surface area contributed by atoms with Crippen LogP contribution in [0.1, 0.15) is 25.0 Å². The Bertz CT molecular complexity index is 981. The second-order valence-electron chi connectivity index (χ2n) is 6.58. The number of pyridine rings is 1. The van der Waals surface area contributed by atoms with Crippen LogP contribution in [-0.4, -0.2) is 38.1 Å². The van der Waals surface area contributed by atoms with Crippen LogP contribution in [-0.2, 0) is 16.1 Å². The van der Waals surface area contributed by atoms with Crippen molar-refractivity contribution in [2.45, 2.75) is 32.7 Å². The number of nitrogens with one attached hydrogen (secondary N) is 1. The molecule has 1 N–H and O–H groups in total. The lowest BCUT2D eigenvalue weighted by molar-refractivity contribution is -0.122. The van der Waals surface area contributed by atoms with Crippen LogP contribution in [0.15, 0.2) is 36.0 Å². The van der Waals surface area contributed by atoms with E-state index in [2.05, 4.69) is 20.4 Å². The number of rotatable bonds is 5. The first-order valence-electron chi connectivity index (χ1n) is 9.11. The molecule has 3 aromatic heterocycles. The fourth-order valence-electron chi connectivity index (χ4n) is 3.18. The molecule has 0 saturated heterocycles. The third kappa shape index (κ3) is 3.94. The first-order chi connectivity index (χ1) is 13.6. The molecule has 0 atom stereocenters. The first kappa shape index (κ1) is 18.3. The van der Waals surface area contributed by atoms with Gasteiger partial charge in [-0.2, -0.15) is 5.10 Å².